The summed E-state index contributed by atoms with van der Waals surface area (Å²) in [6.07, 6.45) is 5.28. The Labute approximate surface area is 217 Å². The monoisotopic (exact) mass is 510 g/mol. The van der Waals surface area contributed by atoms with E-state index in [1.165, 1.54) is 15.9 Å². The second kappa shape index (κ2) is 12.8. The number of piperidine rings is 1. The molecule has 1 saturated heterocycles. The number of pyridine rings is 1. The van der Waals surface area contributed by atoms with Gasteiger partial charge in [0.2, 0.25) is 0 Å². The molecule has 1 aromatic carbocycles. The van der Waals surface area contributed by atoms with Gasteiger partial charge >= 0.3 is 11.8 Å². The van der Waals surface area contributed by atoms with Gasteiger partial charge < -0.3 is 20.9 Å². The van der Waals surface area contributed by atoms with Crippen LogP contribution >= 0.6 is 11.3 Å². The summed E-state index contributed by atoms with van der Waals surface area (Å²) >= 11 is 1.81. The number of aromatic nitrogens is 2. The Balaban J connectivity index is 0.000000212. The van der Waals surface area contributed by atoms with Crippen molar-refractivity contribution in [1.82, 2.24) is 19.8 Å². The first-order chi connectivity index (χ1) is 17.2. The van der Waals surface area contributed by atoms with Crippen molar-refractivity contribution in [3.63, 3.8) is 0 Å². The van der Waals surface area contributed by atoms with Crippen molar-refractivity contribution in [3.05, 3.63) is 47.1 Å². The van der Waals surface area contributed by atoms with E-state index in [2.05, 4.69) is 66.3 Å². The SMILES string of the molecule is CC(Cc1nc2ccccc2s1)N(C)C.CCc1cc(NC(=O)C(=O)N2CCCC(C)C2)cnc1N. The van der Waals surface area contributed by atoms with Crippen LogP contribution in [0.3, 0.4) is 0 Å². The lowest BCUT2D eigenvalue weighted by molar-refractivity contribution is -0.144. The number of benzene rings is 1. The largest absolute Gasteiger partial charge is 0.383 e. The van der Waals surface area contributed by atoms with Crippen LogP contribution in [0, 0.1) is 5.92 Å². The third-order valence-electron chi connectivity index (χ3n) is 6.47. The molecule has 2 unspecified atom stereocenters. The summed E-state index contributed by atoms with van der Waals surface area (Å²) in [7, 11) is 4.22. The molecule has 3 aromatic rings. The average molecular weight is 511 g/mol. The molecule has 2 amide bonds. The molecule has 0 aliphatic carbocycles. The van der Waals surface area contributed by atoms with E-state index in [1.807, 2.05) is 13.0 Å². The highest BCUT2D eigenvalue weighted by Gasteiger charge is 2.26. The minimum atomic E-state index is -0.613. The first kappa shape index (κ1) is 27.5. The number of likely N-dealkylation sites (tertiary alicyclic amines) is 1. The zero-order valence-corrected chi connectivity index (χ0v) is 22.8. The molecule has 3 N–H and O–H groups in total. The van der Waals surface area contributed by atoms with Crippen LogP contribution in [-0.4, -0.2) is 64.8 Å². The predicted octanol–water partition coefficient (Wildman–Crippen LogP) is 4.21. The van der Waals surface area contributed by atoms with Gasteiger partial charge in [-0.2, -0.15) is 0 Å². The van der Waals surface area contributed by atoms with E-state index >= 15 is 0 Å². The lowest BCUT2D eigenvalue weighted by atomic mass is 10.0. The van der Waals surface area contributed by atoms with Gasteiger partial charge in [-0.15, -0.1) is 11.3 Å². The number of nitrogens with two attached hydrogens (primary N) is 1. The zero-order valence-electron chi connectivity index (χ0n) is 22.0. The smallest absolute Gasteiger partial charge is 0.313 e. The number of nitrogens with zero attached hydrogens (tertiary/aromatic N) is 4. The Morgan fingerprint density at radius 2 is 2.06 bits per heavy atom. The number of hydrogen-bond acceptors (Lipinski definition) is 7. The minimum absolute atomic E-state index is 0.445. The van der Waals surface area contributed by atoms with Crippen molar-refractivity contribution in [2.45, 2.75) is 52.5 Å². The van der Waals surface area contributed by atoms with Crippen LogP contribution in [0.5, 0.6) is 0 Å². The van der Waals surface area contributed by atoms with Gasteiger partial charge in [-0.3, -0.25) is 9.59 Å². The quantitative estimate of drug-likeness (QED) is 0.498. The molecule has 4 rings (SSSR count). The summed E-state index contributed by atoms with van der Waals surface area (Å²) in [5.41, 5.74) is 8.21. The van der Waals surface area contributed by atoms with E-state index in [1.54, 1.807) is 22.3 Å². The van der Waals surface area contributed by atoms with Gasteiger partial charge in [0.05, 0.1) is 27.1 Å². The number of carbonyl (C=O) groups excluding carboxylic acids is 2. The summed E-state index contributed by atoms with van der Waals surface area (Å²) in [5.74, 6) is -0.193. The van der Waals surface area contributed by atoms with Gasteiger partial charge in [0, 0.05) is 25.6 Å². The molecule has 1 aliphatic rings. The summed E-state index contributed by atoms with van der Waals surface area (Å²) in [6, 6.07) is 10.6. The van der Waals surface area contributed by atoms with Crippen LogP contribution in [0.2, 0.25) is 0 Å². The molecule has 36 heavy (non-hydrogen) atoms. The third-order valence-corrected chi connectivity index (χ3v) is 7.53. The van der Waals surface area contributed by atoms with Crippen molar-refractivity contribution in [3.8, 4) is 0 Å². The molecular weight excluding hydrogens is 472 g/mol. The topological polar surface area (TPSA) is 104 Å². The predicted molar refractivity (Wildman–Crippen MR) is 148 cm³/mol. The standard InChI is InChI=1S/C15H22N4O2.C12H16N2S/c1-3-11-7-12(8-17-13(11)16)18-14(20)15(21)19-6-4-5-10(2)9-19;1-9(14(2)3)8-12-13-10-6-4-5-7-11(10)15-12/h7-8,10H,3-6,9H2,1-2H3,(H2,16,17)(H,18,20);4-7,9H,8H2,1-3H3. The molecule has 3 heterocycles. The Hall–Kier alpha value is -3.04. The molecule has 0 bridgehead atoms. The number of fused-ring (bicyclic) bond motifs is 1. The number of nitrogen functional groups attached to an aromatic ring is 1. The summed E-state index contributed by atoms with van der Waals surface area (Å²) in [4.78, 5) is 36.7. The Morgan fingerprint density at radius 3 is 2.72 bits per heavy atom. The Bertz CT molecular complexity index is 1150. The third kappa shape index (κ3) is 7.48. The van der Waals surface area contributed by atoms with Crippen LogP contribution in [0.15, 0.2) is 36.5 Å². The van der Waals surface area contributed by atoms with Crippen molar-refractivity contribution < 1.29 is 9.59 Å². The second-order valence-corrected chi connectivity index (χ2v) is 10.8. The molecule has 0 saturated carbocycles. The first-order valence-corrected chi connectivity index (χ1v) is 13.3. The number of para-hydroxylation sites is 1. The second-order valence-electron chi connectivity index (χ2n) is 9.67. The Morgan fingerprint density at radius 1 is 1.31 bits per heavy atom. The molecule has 0 spiro atoms. The maximum Gasteiger partial charge on any atom is 0.313 e. The van der Waals surface area contributed by atoms with Crippen LogP contribution < -0.4 is 11.1 Å². The highest BCUT2D eigenvalue weighted by atomic mass is 32.1. The lowest BCUT2D eigenvalue weighted by Gasteiger charge is -2.30. The van der Waals surface area contributed by atoms with Gasteiger partial charge in [0.15, 0.2) is 0 Å². The van der Waals surface area contributed by atoms with Crippen LogP contribution in [-0.2, 0) is 22.4 Å². The highest BCUT2D eigenvalue weighted by Crippen LogP contribution is 2.23. The van der Waals surface area contributed by atoms with Gasteiger partial charge in [0.1, 0.15) is 5.82 Å². The maximum atomic E-state index is 12.1. The van der Waals surface area contributed by atoms with Crippen LogP contribution in [0.4, 0.5) is 11.5 Å². The van der Waals surface area contributed by atoms with Gasteiger partial charge in [0.25, 0.3) is 0 Å². The molecule has 194 valence electrons. The zero-order chi connectivity index (χ0) is 26.2. The number of amides is 2. The van der Waals surface area contributed by atoms with Gasteiger partial charge in [-0.25, -0.2) is 9.97 Å². The fraction of sp³-hybridized carbons (Fsp3) is 0.481. The Kier molecular flexibility index (Phi) is 9.78. The molecule has 1 aliphatic heterocycles. The summed E-state index contributed by atoms with van der Waals surface area (Å²) in [6.45, 7) is 7.57. The summed E-state index contributed by atoms with van der Waals surface area (Å²) in [5, 5.41) is 3.84. The molecule has 0 radical (unpaired) electrons. The van der Waals surface area contributed by atoms with Crippen molar-refractivity contribution in [2.24, 2.45) is 5.92 Å². The van der Waals surface area contributed by atoms with Gasteiger partial charge in [-0.1, -0.05) is 26.0 Å². The molecule has 8 nitrogen and oxygen atoms in total. The average Bonchev–Trinajstić information content (AvgIpc) is 3.27. The maximum absolute atomic E-state index is 12.1. The minimum Gasteiger partial charge on any atom is -0.383 e. The van der Waals surface area contributed by atoms with E-state index < -0.39 is 11.8 Å². The van der Waals surface area contributed by atoms with E-state index in [0.29, 0.717) is 36.6 Å². The summed E-state index contributed by atoms with van der Waals surface area (Å²) < 4.78 is 1.29. The van der Waals surface area contributed by atoms with Crippen molar-refractivity contribution >= 4 is 44.9 Å². The van der Waals surface area contributed by atoms with Gasteiger partial charge in [-0.05, 0) is 70.0 Å². The molecule has 1 fully saturated rings. The fourth-order valence-corrected chi connectivity index (χ4v) is 5.10. The number of anilines is 2. The molecule has 2 aromatic heterocycles. The molecule has 9 heteroatoms. The van der Waals surface area contributed by atoms with E-state index in [9.17, 15) is 9.59 Å². The van der Waals surface area contributed by atoms with E-state index in [0.717, 1.165) is 36.8 Å². The number of rotatable bonds is 5. The van der Waals surface area contributed by atoms with Crippen LogP contribution in [0.25, 0.3) is 10.2 Å². The fourth-order valence-electron chi connectivity index (χ4n) is 4.02. The number of hydrogen-bond donors (Lipinski definition) is 2. The van der Waals surface area contributed by atoms with Crippen molar-refractivity contribution in [1.29, 1.82) is 0 Å². The van der Waals surface area contributed by atoms with Crippen molar-refractivity contribution in [2.75, 3.05) is 38.2 Å². The van der Waals surface area contributed by atoms with E-state index in [-0.39, 0.29) is 0 Å². The number of carbonyl (C=O) groups is 2. The number of nitrogens with one attached hydrogen (secondary N) is 1. The number of aryl methyl sites for hydroxylation is 1. The van der Waals surface area contributed by atoms with E-state index in [4.69, 9.17) is 5.73 Å². The number of likely N-dealkylation sites (N-methyl/N-ethyl adjacent to an activating group) is 1. The first-order valence-electron chi connectivity index (χ1n) is 12.5. The molecule has 2 atom stereocenters. The normalized spacial score (nSPS) is 16.4. The molecular formula is C27H38N6O2S. The lowest BCUT2D eigenvalue weighted by Crippen LogP contribution is -2.44. The number of thiazole rings is 1. The van der Waals surface area contributed by atoms with Crippen LogP contribution in [0.1, 0.15) is 44.2 Å². The highest BCUT2D eigenvalue weighted by molar-refractivity contribution is 7.18.